The zero-order valence-electron chi connectivity index (χ0n) is 14.1. The molecule has 4 rings (SSSR count). The van der Waals surface area contributed by atoms with Crippen molar-refractivity contribution in [2.45, 2.75) is 26.2 Å². The quantitative estimate of drug-likeness (QED) is 0.570. The average Bonchev–Trinajstić information content (AvgIpc) is 3.05. The summed E-state index contributed by atoms with van der Waals surface area (Å²) < 4.78 is 2.07. The standard InChI is InChI=1S/C20H20N4/c1-20(2,3)14-8-4-5-9-15(14)22-19-18-12-21-13-24(18)17-11-7-6-10-16(17)23-19/h4-13H,1-3H3,(H,22,23). The fourth-order valence-electron chi connectivity index (χ4n) is 3.07. The van der Waals surface area contributed by atoms with Crippen molar-refractivity contribution in [2.75, 3.05) is 5.32 Å². The molecule has 0 radical (unpaired) electrons. The van der Waals surface area contributed by atoms with Gasteiger partial charge in [-0.3, -0.25) is 4.40 Å². The number of nitrogens with one attached hydrogen (secondary N) is 1. The Labute approximate surface area is 141 Å². The van der Waals surface area contributed by atoms with Crippen LogP contribution in [-0.2, 0) is 5.41 Å². The van der Waals surface area contributed by atoms with Crippen LogP contribution in [0.25, 0.3) is 16.6 Å². The van der Waals surface area contributed by atoms with Gasteiger partial charge in [-0.2, -0.15) is 0 Å². The van der Waals surface area contributed by atoms with E-state index in [0.29, 0.717) is 0 Å². The maximum absolute atomic E-state index is 4.82. The Hall–Kier alpha value is -2.88. The first kappa shape index (κ1) is 14.7. The lowest BCUT2D eigenvalue weighted by Crippen LogP contribution is -2.14. The molecule has 2 heterocycles. The van der Waals surface area contributed by atoms with Crippen LogP contribution in [0.3, 0.4) is 0 Å². The number of benzene rings is 2. The molecule has 24 heavy (non-hydrogen) atoms. The lowest BCUT2D eigenvalue weighted by molar-refractivity contribution is 0.592. The van der Waals surface area contributed by atoms with Crippen LogP contribution in [0.15, 0.2) is 61.1 Å². The fraction of sp³-hybridized carbons (Fsp3) is 0.200. The van der Waals surface area contributed by atoms with Crippen LogP contribution in [0.5, 0.6) is 0 Å². The van der Waals surface area contributed by atoms with Crippen molar-refractivity contribution in [3.8, 4) is 0 Å². The summed E-state index contributed by atoms with van der Waals surface area (Å²) >= 11 is 0. The molecule has 0 aliphatic carbocycles. The van der Waals surface area contributed by atoms with Crippen LogP contribution in [0.2, 0.25) is 0 Å². The summed E-state index contributed by atoms with van der Waals surface area (Å²) in [5.41, 5.74) is 5.36. The molecule has 0 saturated heterocycles. The zero-order chi connectivity index (χ0) is 16.7. The first-order valence-corrected chi connectivity index (χ1v) is 8.11. The predicted molar refractivity (Wildman–Crippen MR) is 98.9 cm³/mol. The number of para-hydroxylation sites is 3. The van der Waals surface area contributed by atoms with Gasteiger partial charge in [-0.1, -0.05) is 51.1 Å². The molecule has 0 fully saturated rings. The summed E-state index contributed by atoms with van der Waals surface area (Å²) in [7, 11) is 0. The van der Waals surface area contributed by atoms with Crippen molar-refractivity contribution >= 4 is 28.1 Å². The van der Waals surface area contributed by atoms with E-state index in [2.05, 4.69) is 59.7 Å². The molecule has 0 unspecified atom stereocenters. The normalized spacial score (nSPS) is 12.0. The van der Waals surface area contributed by atoms with Gasteiger partial charge < -0.3 is 5.32 Å². The van der Waals surface area contributed by atoms with Crippen molar-refractivity contribution in [3.05, 3.63) is 66.6 Å². The topological polar surface area (TPSA) is 42.2 Å². The lowest BCUT2D eigenvalue weighted by Gasteiger charge is -2.23. The van der Waals surface area contributed by atoms with E-state index >= 15 is 0 Å². The molecule has 0 aliphatic heterocycles. The smallest absolute Gasteiger partial charge is 0.157 e. The molecule has 120 valence electrons. The van der Waals surface area contributed by atoms with Crippen molar-refractivity contribution in [1.29, 1.82) is 0 Å². The Morgan fingerprint density at radius 2 is 1.67 bits per heavy atom. The molecule has 0 atom stereocenters. The Balaban J connectivity index is 1.90. The highest BCUT2D eigenvalue weighted by Gasteiger charge is 2.18. The van der Waals surface area contributed by atoms with Gasteiger partial charge in [0, 0.05) is 5.69 Å². The summed E-state index contributed by atoms with van der Waals surface area (Å²) in [6, 6.07) is 16.5. The van der Waals surface area contributed by atoms with Gasteiger partial charge in [0.15, 0.2) is 5.82 Å². The minimum atomic E-state index is 0.0526. The zero-order valence-corrected chi connectivity index (χ0v) is 14.1. The molecule has 4 heteroatoms. The van der Waals surface area contributed by atoms with E-state index < -0.39 is 0 Å². The van der Waals surface area contributed by atoms with E-state index in [1.807, 2.05) is 36.8 Å². The Morgan fingerprint density at radius 3 is 2.50 bits per heavy atom. The molecular weight excluding hydrogens is 296 g/mol. The van der Waals surface area contributed by atoms with Gasteiger partial charge in [0.2, 0.25) is 0 Å². The van der Waals surface area contributed by atoms with Crippen LogP contribution in [0.4, 0.5) is 11.5 Å². The molecule has 2 aromatic heterocycles. The summed E-state index contributed by atoms with van der Waals surface area (Å²) in [5.74, 6) is 0.822. The molecule has 0 bridgehead atoms. The minimum Gasteiger partial charge on any atom is -0.338 e. The molecule has 0 saturated carbocycles. The second-order valence-electron chi connectivity index (χ2n) is 7.02. The molecule has 4 aromatic rings. The van der Waals surface area contributed by atoms with Crippen LogP contribution in [0.1, 0.15) is 26.3 Å². The summed E-state index contributed by atoms with van der Waals surface area (Å²) in [6.07, 6.45) is 3.68. The van der Waals surface area contributed by atoms with Crippen LogP contribution >= 0.6 is 0 Å². The van der Waals surface area contributed by atoms with E-state index in [1.165, 1.54) is 5.56 Å². The number of fused-ring (bicyclic) bond motifs is 3. The largest absolute Gasteiger partial charge is 0.338 e. The van der Waals surface area contributed by atoms with Gasteiger partial charge in [-0.15, -0.1) is 0 Å². The van der Waals surface area contributed by atoms with E-state index in [9.17, 15) is 0 Å². The fourth-order valence-corrected chi connectivity index (χ4v) is 3.07. The van der Waals surface area contributed by atoms with E-state index in [1.54, 1.807) is 0 Å². The molecule has 0 amide bonds. The second kappa shape index (κ2) is 5.34. The molecule has 2 aromatic carbocycles. The van der Waals surface area contributed by atoms with Crippen LogP contribution < -0.4 is 5.32 Å². The van der Waals surface area contributed by atoms with Gasteiger partial charge in [-0.25, -0.2) is 9.97 Å². The lowest BCUT2D eigenvalue weighted by atomic mass is 9.86. The highest BCUT2D eigenvalue weighted by atomic mass is 15.1. The van der Waals surface area contributed by atoms with E-state index in [4.69, 9.17) is 4.98 Å². The molecule has 0 spiro atoms. The molecule has 4 nitrogen and oxygen atoms in total. The van der Waals surface area contributed by atoms with Crippen LogP contribution in [0, 0.1) is 0 Å². The highest BCUT2D eigenvalue weighted by molar-refractivity contribution is 5.86. The number of imidazole rings is 1. The Bertz CT molecular complexity index is 1020. The first-order valence-electron chi connectivity index (χ1n) is 8.11. The van der Waals surface area contributed by atoms with Crippen molar-refractivity contribution in [2.24, 2.45) is 0 Å². The van der Waals surface area contributed by atoms with Crippen molar-refractivity contribution in [3.63, 3.8) is 0 Å². The van der Waals surface area contributed by atoms with Crippen molar-refractivity contribution in [1.82, 2.24) is 14.4 Å². The SMILES string of the molecule is CC(C)(C)c1ccccc1Nc1nc2ccccc2n2cncc12. The molecule has 1 N–H and O–H groups in total. The monoisotopic (exact) mass is 316 g/mol. The third-order valence-electron chi connectivity index (χ3n) is 4.24. The predicted octanol–water partition coefficient (Wildman–Crippen LogP) is 4.92. The Kier molecular flexibility index (Phi) is 3.27. The number of hydrogen-bond acceptors (Lipinski definition) is 3. The average molecular weight is 316 g/mol. The number of nitrogens with zero attached hydrogens (tertiary/aromatic N) is 3. The number of rotatable bonds is 2. The third-order valence-corrected chi connectivity index (χ3v) is 4.24. The molecular formula is C20H20N4. The number of aromatic nitrogens is 3. The first-order chi connectivity index (χ1) is 11.5. The van der Waals surface area contributed by atoms with Gasteiger partial charge >= 0.3 is 0 Å². The van der Waals surface area contributed by atoms with Crippen LogP contribution in [-0.4, -0.2) is 14.4 Å². The maximum Gasteiger partial charge on any atom is 0.157 e. The van der Waals surface area contributed by atoms with Gasteiger partial charge in [0.05, 0.1) is 23.6 Å². The van der Waals surface area contributed by atoms with E-state index in [-0.39, 0.29) is 5.41 Å². The number of hydrogen-bond donors (Lipinski definition) is 1. The van der Waals surface area contributed by atoms with Gasteiger partial charge in [0.25, 0.3) is 0 Å². The Morgan fingerprint density at radius 1 is 0.917 bits per heavy atom. The summed E-state index contributed by atoms with van der Waals surface area (Å²) in [5, 5.41) is 3.53. The maximum atomic E-state index is 4.82. The van der Waals surface area contributed by atoms with Crippen molar-refractivity contribution < 1.29 is 0 Å². The minimum absolute atomic E-state index is 0.0526. The summed E-state index contributed by atoms with van der Waals surface area (Å²) in [6.45, 7) is 6.65. The highest BCUT2D eigenvalue weighted by Crippen LogP contribution is 2.32. The second-order valence-corrected chi connectivity index (χ2v) is 7.02. The summed E-state index contributed by atoms with van der Waals surface area (Å²) in [4.78, 5) is 9.13. The van der Waals surface area contributed by atoms with Gasteiger partial charge in [0.1, 0.15) is 5.52 Å². The molecule has 0 aliphatic rings. The third kappa shape index (κ3) is 2.40. The van der Waals surface area contributed by atoms with Gasteiger partial charge in [-0.05, 0) is 29.2 Å². The number of anilines is 2. The van der Waals surface area contributed by atoms with E-state index in [0.717, 1.165) is 28.1 Å².